The quantitative estimate of drug-likeness (QED) is 0.0262. The zero-order valence-electron chi connectivity index (χ0n) is 40.8. The van der Waals surface area contributed by atoms with Crippen LogP contribution in [0.1, 0.15) is 226 Å². The van der Waals surface area contributed by atoms with E-state index < -0.39 is 6.10 Å². The molecule has 6 nitrogen and oxygen atoms in total. The van der Waals surface area contributed by atoms with Crippen LogP contribution in [-0.2, 0) is 28.6 Å². The zero-order valence-corrected chi connectivity index (χ0v) is 40.8. The number of allylic oxidation sites excluding steroid dienone is 16. The van der Waals surface area contributed by atoms with E-state index in [0.717, 1.165) is 122 Å². The van der Waals surface area contributed by atoms with Gasteiger partial charge >= 0.3 is 17.9 Å². The Morgan fingerprint density at radius 3 is 1.02 bits per heavy atom. The molecule has 1 atom stereocenters. The second kappa shape index (κ2) is 51.0. The van der Waals surface area contributed by atoms with Crippen molar-refractivity contribution in [1.29, 1.82) is 0 Å². The van der Waals surface area contributed by atoms with E-state index in [4.69, 9.17) is 14.2 Å². The molecular weight excluding hydrogens is 781 g/mol. The number of esters is 3. The Hall–Kier alpha value is -3.67. The molecule has 0 saturated heterocycles. The molecule has 63 heavy (non-hydrogen) atoms. The van der Waals surface area contributed by atoms with Crippen LogP contribution in [0, 0.1) is 0 Å². The van der Waals surface area contributed by atoms with Crippen molar-refractivity contribution in [2.24, 2.45) is 0 Å². The van der Waals surface area contributed by atoms with Crippen molar-refractivity contribution in [2.75, 3.05) is 13.2 Å². The van der Waals surface area contributed by atoms with Crippen LogP contribution in [0.3, 0.4) is 0 Å². The lowest BCUT2D eigenvalue weighted by atomic mass is 10.1. The highest BCUT2D eigenvalue weighted by atomic mass is 16.6. The molecule has 0 bridgehead atoms. The van der Waals surface area contributed by atoms with Crippen LogP contribution < -0.4 is 0 Å². The molecule has 0 saturated carbocycles. The van der Waals surface area contributed by atoms with E-state index in [1.165, 1.54) is 64.2 Å². The normalized spacial score (nSPS) is 12.9. The van der Waals surface area contributed by atoms with E-state index in [2.05, 4.69) is 118 Å². The summed E-state index contributed by atoms with van der Waals surface area (Å²) in [7, 11) is 0. The SMILES string of the molecule is CC/C=C\C/C=C\C/C=C\C/C=C\C/C=C\CCCCCC(=O)OC[C@@H](COC(=O)CCCCCCCCCCC)OC(=O)CCCCCC/C=C\C/C=C\C/C=C\CCCCC. The number of carbonyl (C=O) groups excluding carboxylic acids is 3. The summed E-state index contributed by atoms with van der Waals surface area (Å²) >= 11 is 0. The van der Waals surface area contributed by atoms with Gasteiger partial charge in [0.05, 0.1) is 0 Å². The Morgan fingerprint density at radius 2 is 0.619 bits per heavy atom. The van der Waals surface area contributed by atoms with Crippen LogP contribution in [0.5, 0.6) is 0 Å². The number of hydrogen-bond acceptors (Lipinski definition) is 6. The molecule has 0 radical (unpaired) electrons. The highest BCUT2D eigenvalue weighted by molar-refractivity contribution is 5.71. The average molecular weight is 875 g/mol. The molecule has 0 aliphatic rings. The molecule has 0 amide bonds. The van der Waals surface area contributed by atoms with Crippen molar-refractivity contribution < 1.29 is 28.6 Å². The number of ether oxygens (including phenoxy) is 3. The van der Waals surface area contributed by atoms with Gasteiger partial charge in [-0.15, -0.1) is 0 Å². The maximum absolute atomic E-state index is 12.8. The summed E-state index contributed by atoms with van der Waals surface area (Å²) < 4.78 is 16.7. The monoisotopic (exact) mass is 875 g/mol. The Labute approximate surface area is 387 Å². The predicted molar refractivity (Wildman–Crippen MR) is 270 cm³/mol. The molecule has 6 heteroatoms. The fourth-order valence-electron chi connectivity index (χ4n) is 6.71. The van der Waals surface area contributed by atoms with Gasteiger partial charge in [0.1, 0.15) is 13.2 Å². The van der Waals surface area contributed by atoms with Crippen LogP contribution in [-0.4, -0.2) is 37.2 Å². The van der Waals surface area contributed by atoms with Gasteiger partial charge in [-0.25, -0.2) is 0 Å². The van der Waals surface area contributed by atoms with Gasteiger partial charge in [0.15, 0.2) is 6.10 Å². The molecule has 0 unspecified atom stereocenters. The van der Waals surface area contributed by atoms with E-state index in [9.17, 15) is 14.4 Å². The topological polar surface area (TPSA) is 78.9 Å². The fourth-order valence-corrected chi connectivity index (χ4v) is 6.71. The third-order valence-corrected chi connectivity index (χ3v) is 10.6. The van der Waals surface area contributed by atoms with E-state index in [1.54, 1.807) is 0 Å². The molecule has 0 rings (SSSR count). The molecule has 358 valence electrons. The Balaban J connectivity index is 4.45. The van der Waals surface area contributed by atoms with Crippen LogP contribution in [0.15, 0.2) is 97.2 Å². The minimum Gasteiger partial charge on any atom is -0.462 e. The first kappa shape index (κ1) is 59.3. The first-order valence-electron chi connectivity index (χ1n) is 25.7. The number of rotatable bonds is 45. The van der Waals surface area contributed by atoms with Crippen molar-refractivity contribution in [3.05, 3.63) is 97.2 Å². The van der Waals surface area contributed by atoms with Crippen molar-refractivity contribution in [3.8, 4) is 0 Å². The molecule has 0 aromatic rings. The first-order chi connectivity index (χ1) is 31.0. The molecule has 0 aromatic carbocycles. The second-order valence-corrected chi connectivity index (χ2v) is 16.7. The average Bonchev–Trinajstić information content (AvgIpc) is 3.28. The van der Waals surface area contributed by atoms with Crippen molar-refractivity contribution in [3.63, 3.8) is 0 Å². The van der Waals surface area contributed by atoms with Crippen LogP contribution in [0.4, 0.5) is 0 Å². The lowest BCUT2D eigenvalue weighted by Gasteiger charge is -2.18. The summed E-state index contributed by atoms with van der Waals surface area (Å²) in [5.74, 6) is -0.959. The molecule has 0 spiro atoms. The summed E-state index contributed by atoms with van der Waals surface area (Å²) in [5, 5.41) is 0. The van der Waals surface area contributed by atoms with Gasteiger partial charge < -0.3 is 14.2 Å². The van der Waals surface area contributed by atoms with Gasteiger partial charge in [-0.2, -0.15) is 0 Å². The minimum atomic E-state index is -0.801. The van der Waals surface area contributed by atoms with Crippen LogP contribution >= 0.6 is 0 Å². The highest BCUT2D eigenvalue weighted by Gasteiger charge is 2.19. The van der Waals surface area contributed by atoms with Gasteiger partial charge in [0.2, 0.25) is 0 Å². The third-order valence-electron chi connectivity index (χ3n) is 10.6. The predicted octanol–water partition coefficient (Wildman–Crippen LogP) is 17.0. The summed E-state index contributed by atoms with van der Waals surface area (Å²) in [4.78, 5) is 37.9. The van der Waals surface area contributed by atoms with Crippen molar-refractivity contribution >= 4 is 17.9 Å². The first-order valence-corrected chi connectivity index (χ1v) is 25.7. The summed E-state index contributed by atoms with van der Waals surface area (Å²) in [6.07, 6.45) is 66.8. The maximum atomic E-state index is 12.8. The lowest BCUT2D eigenvalue weighted by Crippen LogP contribution is -2.30. The maximum Gasteiger partial charge on any atom is 0.306 e. The summed E-state index contributed by atoms with van der Waals surface area (Å²) in [5.41, 5.74) is 0. The molecular formula is C57H94O6. The Morgan fingerprint density at radius 1 is 0.333 bits per heavy atom. The van der Waals surface area contributed by atoms with Gasteiger partial charge in [0, 0.05) is 19.3 Å². The van der Waals surface area contributed by atoms with E-state index in [0.29, 0.717) is 19.3 Å². The Kier molecular flexibility index (Phi) is 48.0. The molecule has 0 aliphatic heterocycles. The zero-order chi connectivity index (χ0) is 45.8. The summed E-state index contributed by atoms with van der Waals surface area (Å²) in [6, 6.07) is 0. The van der Waals surface area contributed by atoms with Crippen molar-refractivity contribution in [2.45, 2.75) is 232 Å². The molecule has 0 fully saturated rings. The van der Waals surface area contributed by atoms with Gasteiger partial charge in [-0.05, 0) is 103 Å². The Bertz CT molecular complexity index is 1280. The molecule has 0 aromatic heterocycles. The smallest absolute Gasteiger partial charge is 0.306 e. The fraction of sp³-hybridized carbons (Fsp3) is 0.667. The van der Waals surface area contributed by atoms with Gasteiger partial charge in [-0.3, -0.25) is 14.4 Å². The number of unbranched alkanes of at least 4 members (excludes halogenated alkanes) is 18. The van der Waals surface area contributed by atoms with Gasteiger partial charge in [-0.1, -0.05) is 201 Å². The van der Waals surface area contributed by atoms with Crippen LogP contribution in [0.2, 0.25) is 0 Å². The number of carbonyl (C=O) groups is 3. The molecule has 0 heterocycles. The second-order valence-electron chi connectivity index (χ2n) is 16.7. The van der Waals surface area contributed by atoms with Crippen LogP contribution in [0.25, 0.3) is 0 Å². The molecule has 0 aliphatic carbocycles. The largest absolute Gasteiger partial charge is 0.462 e. The lowest BCUT2D eigenvalue weighted by molar-refractivity contribution is -0.167. The molecule has 0 N–H and O–H groups in total. The summed E-state index contributed by atoms with van der Waals surface area (Å²) in [6.45, 7) is 6.42. The number of hydrogen-bond donors (Lipinski definition) is 0. The van der Waals surface area contributed by atoms with Gasteiger partial charge in [0.25, 0.3) is 0 Å². The van der Waals surface area contributed by atoms with E-state index >= 15 is 0 Å². The third kappa shape index (κ3) is 49.2. The van der Waals surface area contributed by atoms with E-state index in [-0.39, 0.29) is 31.1 Å². The highest BCUT2D eigenvalue weighted by Crippen LogP contribution is 2.13. The minimum absolute atomic E-state index is 0.0974. The van der Waals surface area contributed by atoms with Crippen molar-refractivity contribution in [1.82, 2.24) is 0 Å². The standard InChI is InChI=1S/C57H94O6/c1-4-7-10-13-16-19-21-23-25-27-28-30-31-33-35-38-41-44-47-50-56(59)62-53-54(52-61-55(58)49-46-43-40-37-18-15-12-9-6-3)63-57(60)51-48-45-42-39-36-34-32-29-26-24-22-20-17-14-11-8-5-2/h7,10,16-17,19-20,23-26,28,30,32-35,54H,4-6,8-9,11-15,18,21-22,27,29,31,36-53H2,1-3H3/b10-7-,19-16-,20-17-,25-23-,26-24-,30-28-,34-32-,35-33-/t54-/m1/s1. The van der Waals surface area contributed by atoms with E-state index in [1.807, 2.05) is 0 Å².